The number of aryl methyl sites for hydroxylation is 2. The smallest absolute Gasteiger partial charge is 0.328 e. The summed E-state index contributed by atoms with van der Waals surface area (Å²) in [5.41, 5.74) is 4.28. The maximum Gasteiger partial charge on any atom is 0.328 e. The summed E-state index contributed by atoms with van der Waals surface area (Å²) in [6.07, 6.45) is 0.772. The fourth-order valence-corrected chi connectivity index (χ4v) is 1.44. The van der Waals surface area contributed by atoms with Gasteiger partial charge in [0.1, 0.15) is 5.82 Å². The van der Waals surface area contributed by atoms with Gasteiger partial charge >= 0.3 is 5.97 Å². The number of imidazole rings is 1. The quantitative estimate of drug-likeness (QED) is 0.425. The maximum absolute atomic E-state index is 10.8. The van der Waals surface area contributed by atoms with Crippen LogP contribution in [-0.4, -0.2) is 49.5 Å². The van der Waals surface area contributed by atoms with Crippen LogP contribution >= 0.6 is 0 Å². The Bertz CT molecular complexity index is 393. The highest BCUT2D eigenvalue weighted by atomic mass is 16.4. The lowest BCUT2D eigenvalue weighted by Crippen LogP contribution is -2.60. The number of aliphatic hydroxyl groups is 2. The summed E-state index contributed by atoms with van der Waals surface area (Å²) in [7, 11) is 0. The molecule has 2 unspecified atom stereocenters. The molecule has 0 spiro atoms. The van der Waals surface area contributed by atoms with Crippen LogP contribution in [-0.2, 0) is 11.2 Å². The van der Waals surface area contributed by atoms with Crippen LogP contribution < -0.4 is 5.73 Å². The van der Waals surface area contributed by atoms with E-state index in [1.165, 1.54) is 0 Å². The molecule has 0 fully saturated rings. The van der Waals surface area contributed by atoms with Gasteiger partial charge in [-0.2, -0.15) is 0 Å². The number of aromatic amines is 1. The number of nitrogens with zero attached hydrogens (tertiary/aromatic N) is 1. The molecule has 0 aliphatic rings. The molecule has 96 valence electrons. The Balaban J connectivity index is 2.59. The predicted octanol–water partition coefficient (Wildman–Crippen LogP) is -1.21. The third kappa shape index (κ3) is 3.02. The second-order valence-electron chi connectivity index (χ2n) is 4.07. The van der Waals surface area contributed by atoms with Crippen molar-refractivity contribution < 1.29 is 20.1 Å². The molecule has 17 heavy (non-hydrogen) atoms. The number of carbonyl (C=O) groups is 1. The average Bonchev–Trinajstić information content (AvgIpc) is 2.70. The minimum Gasteiger partial charge on any atom is -0.480 e. The number of aliphatic hydroxyl groups excluding tert-OH is 2. The average molecular weight is 243 g/mol. The third-order valence-electron chi connectivity index (χ3n) is 2.66. The van der Waals surface area contributed by atoms with Crippen molar-refractivity contribution in [2.75, 3.05) is 6.61 Å². The Labute approximate surface area is 98.3 Å². The first-order chi connectivity index (χ1) is 7.90. The third-order valence-corrected chi connectivity index (χ3v) is 2.66. The Hall–Kier alpha value is -1.44. The van der Waals surface area contributed by atoms with Crippen LogP contribution in [0.5, 0.6) is 0 Å². The van der Waals surface area contributed by atoms with Crippen LogP contribution in [0.1, 0.15) is 17.9 Å². The van der Waals surface area contributed by atoms with Crippen molar-refractivity contribution >= 4 is 5.97 Å². The zero-order valence-electron chi connectivity index (χ0n) is 9.55. The molecular weight excluding hydrogens is 226 g/mol. The lowest BCUT2D eigenvalue weighted by atomic mass is 9.91. The van der Waals surface area contributed by atoms with Crippen molar-refractivity contribution in [3.05, 3.63) is 17.7 Å². The van der Waals surface area contributed by atoms with E-state index in [1.54, 1.807) is 6.20 Å². The lowest BCUT2D eigenvalue weighted by Gasteiger charge is -2.27. The number of nitrogens with one attached hydrogen (secondary N) is 1. The van der Waals surface area contributed by atoms with Gasteiger partial charge in [-0.1, -0.05) is 0 Å². The molecule has 1 aromatic heterocycles. The van der Waals surface area contributed by atoms with E-state index in [2.05, 4.69) is 9.97 Å². The van der Waals surface area contributed by atoms with Crippen molar-refractivity contribution in [3.8, 4) is 0 Å². The molecule has 2 atom stereocenters. The van der Waals surface area contributed by atoms with Crippen molar-refractivity contribution in [2.45, 2.75) is 31.4 Å². The molecule has 0 aliphatic carbocycles. The van der Waals surface area contributed by atoms with Crippen LogP contribution in [0.4, 0.5) is 0 Å². The standard InChI is InChI=1S/C10H17N3O4/c1-6-4-12-8(13-6)3-2-7(15)10(11,5-14)9(16)17/h4,7,14-15H,2-3,5,11H2,1H3,(H,12,13)(H,16,17). The van der Waals surface area contributed by atoms with Gasteiger partial charge in [-0.05, 0) is 13.3 Å². The zero-order valence-corrected chi connectivity index (χ0v) is 9.55. The fraction of sp³-hybridized carbons (Fsp3) is 0.600. The molecule has 0 radical (unpaired) electrons. The van der Waals surface area contributed by atoms with Crippen LogP contribution in [0, 0.1) is 6.92 Å². The fourth-order valence-electron chi connectivity index (χ4n) is 1.44. The van der Waals surface area contributed by atoms with Gasteiger partial charge in [0.05, 0.1) is 12.7 Å². The molecule has 7 heteroatoms. The van der Waals surface area contributed by atoms with Crippen LogP contribution in [0.15, 0.2) is 6.20 Å². The van der Waals surface area contributed by atoms with Crippen LogP contribution in [0.3, 0.4) is 0 Å². The first-order valence-corrected chi connectivity index (χ1v) is 5.22. The van der Waals surface area contributed by atoms with Gasteiger partial charge in [0.2, 0.25) is 0 Å². The summed E-state index contributed by atoms with van der Waals surface area (Å²) in [5, 5.41) is 27.5. The van der Waals surface area contributed by atoms with Gasteiger partial charge in [-0.3, -0.25) is 4.79 Å². The molecule has 7 nitrogen and oxygen atoms in total. The number of carboxylic acid groups (broad SMARTS) is 1. The number of hydrogen-bond donors (Lipinski definition) is 5. The summed E-state index contributed by atoms with van der Waals surface area (Å²) < 4.78 is 0. The first-order valence-electron chi connectivity index (χ1n) is 5.22. The zero-order chi connectivity index (χ0) is 13.1. The Morgan fingerprint density at radius 3 is 2.76 bits per heavy atom. The van der Waals surface area contributed by atoms with Gasteiger partial charge < -0.3 is 26.0 Å². The minimum atomic E-state index is -2.03. The number of hydrogen-bond acceptors (Lipinski definition) is 5. The van der Waals surface area contributed by atoms with E-state index in [9.17, 15) is 9.90 Å². The number of nitrogens with two attached hydrogens (primary N) is 1. The summed E-state index contributed by atoms with van der Waals surface area (Å²) in [5.74, 6) is -0.782. The maximum atomic E-state index is 10.8. The van der Waals surface area contributed by atoms with Crippen molar-refractivity contribution in [3.63, 3.8) is 0 Å². The molecule has 1 heterocycles. The van der Waals surface area contributed by atoms with E-state index in [1.807, 2.05) is 6.92 Å². The Morgan fingerprint density at radius 2 is 2.35 bits per heavy atom. The molecule has 0 aromatic carbocycles. The lowest BCUT2D eigenvalue weighted by molar-refractivity contribution is -0.150. The highest BCUT2D eigenvalue weighted by Crippen LogP contribution is 2.13. The number of rotatable bonds is 6. The minimum absolute atomic E-state index is 0.107. The van der Waals surface area contributed by atoms with E-state index >= 15 is 0 Å². The normalized spacial score (nSPS) is 16.5. The van der Waals surface area contributed by atoms with E-state index in [0.29, 0.717) is 12.2 Å². The van der Waals surface area contributed by atoms with Crippen LogP contribution in [0.25, 0.3) is 0 Å². The monoisotopic (exact) mass is 243 g/mol. The van der Waals surface area contributed by atoms with E-state index in [-0.39, 0.29) is 6.42 Å². The second kappa shape index (κ2) is 5.26. The van der Waals surface area contributed by atoms with E-state index in [4.69, 9.17) is 15.9 Å². The number of aromatic nitrogens is 2. The molecule has 0 bridgehead atoms. The Morgan fingerprint density at radius 1 is 1.71 bits per heavy atom. The van der Waals surface area contributed by atoms with Gasteiger partial charge in [0.15, 0.2) is 5.54 Å². The highest BCUT2D eigenvalue weighted by Gasteiger charge is 2.40. The van der Waals surface area contributed by atoms with Gasteiger partial charge in [0.25, 0.3) is 0 Å². The molecule has 0 saturated heterocycles. The van der Waals surface area contributed by atoms with Gasteiger partial charge in [-0.15, -0.1) is 0 Å². The molecule has 0 aliphatic heterocycles. The van der Waals surface area contributed by atoms with Crippen molar-refractivity contribution in [1.29, 1.82) is 0 Å². The molecule has 6 N–H and O–H groups in total. The second-order valence-corrected chi connectivity index (χ2v) is 4.07. The molecule has 1 rings (SSSR count). The highest BCUT2D eigenvalue weighted by molar-refractivity contribution is 5.79. The molecule has 1 aromatic rings. The molecular formula is C10H17N3O4. The molecule has 0 saturated carbocycles. The summed E-state index contributed by atoms with van der Waals surface area (Å²) in [6.45, 7) is 1.02. The van der Waals surface area contributed by atoms with Crippen LogP contribution in [0.2, 0.25) is 0 Å². The Kier molecular flexibility index (Phi) is 4.22. The summed E-state index contributed by atoms with van der Waals surface area (Å²) >= 11 is 0. The van der Waals surface area contributed by atoms with Crippen molar-refractivity contribution in [2.24, 2.45) is 5.73 Å². The molecule has 0 amide bonds. The number of aliphatic carboxylic acids is 1. The number of carboxylic acids is 1. The summed E-state index contributed by atoms with van der Waals surface area (Å²) in [6, 6.07) is 0. The van der Waals surface area contributed by atoms with Crippen molar-refractivity contribution in [1.82, 2.24) is 9.97 Å². The predicted molar refractivity (Wildman–Crippen MR) is 59.3 cm³/mol. The number of H-pyrrole nitrogens is 1. The van der Waals surface area contributed by atoms with E-state index < -0.39 is 24.2 Å². The van der Waals surface area contributed by atoms with E-state index in [0.717, 1.165) is 5.69 Å². The largest absolute Gasteiger partial charge is 0.480 e. The SMILES string of the molecule is Cc1cnc(CCC(O)C(N)(CO)C(=O)O)[nH]1. The summed E-state index contributed by atoms with van der Waals surface area (Å²) in [4.78, 5) is 17.8. The van der Waals surface area contributed by atoms with Gasteiger partial charge in [-0.25, -0.2) is 4.98 Å². The first kappa shape index (κ1) is 13.6. The van der Waals surface area contributed by atoms with Gasteiger partial charge in [0, 0.05) is 18.3 Å². The topological polar surface area (TPSA) is 132 Å².